The van der Waals surface area contributed by atoms with Crippen LogP contribution in [0.4, 0.5) is 13.6 Å². The zero-order chi connectivity index (χ0) is 16.7. The van der Waals surface area contributed by atoms with Gasteiger partial charge in [-0.3, -0.25) is 4.79 Å². The third-order valence-corrected chi connectivity index (χ3v) is 2.87. The van der Waals surface area contributed by atoms with Gasteiger partial charge in [-0.25, -0.2) is 4.79 Å². The van der Waals surface area contributed by atoms with Gasteiger partial charge in [-0.15, -0.1) is 0 Å². The monoisotopic (exact) mass is 316 g/mol. The van der Waals surface area contributed by atoms with E-state index in [2.05, 4.69) is 10.1 Å². The number of halogens is 2. The zero-order valence-corrected chi connectivity index (χ0v) is 12.3. The van der Waals surface area contributed by atoms with Crippen LogP contribution in [-0.2, 0) is 11.3 Å². The number of aliphatic carboxylic acids is 1. The maximum absolute atomic E-state index is 12.3. The number of carbonyl (C=O) groups is 2. The first kappa shape index (κ1) is 17.7. The number of urea groups is 1. The number of rotatable bonds is 7. The number of nitrogens with zero attached hydrogens (tertiary/aromatic N) is 1. The Labute approximate surface area is 126 Å². The Balaban J connectivity index is 2.64. The zero-order valence-electron chi connectivity index (χ0n) is 12.3. The SMILES string of the molecule is Cc1ccc(OC(F)F)c(CNC(=O)N(C)CCC(=O)O)c1. The van der Waals surface area contributed by atoms with Crippen molar-refractivity contribution in [2.24, 2.45) is 0 Å². The smallest absolute Gasteiger partial charge is 0.387 e. The van der Waals surface area contributed by atoms with Crippen molar-refractivity contribution >= 4 is 12.0 Å². The molecule has 0 saturated carbocycles. The predicted molar refractivity (Wildman–Crippen MR) is 74.9 cm³/mol. The highest BCUT2D eigenvalue weighted by molar-refractivity contribution is 5.75. The van der Waals surface area contributed by atoms with Gasteiger partial charge in [-0.1, -0.05) is 17.7 Å². The van der Waals surface area contributed by atoms with Crippen LogP contribution in [0.1, 0.15) is 17.5 Å². The standard InChI is InChI=1S/C14H18F2N2O4/c1-9-3-4-11(22-13(15)16)10(7-9)8-17-14(21)18(2)6-5-12(19)20/h3-4,7,13H,5-6,8H2,1-2H3,(H,17,21)(H,19,20). The van der Waals surface area contributed by atoms with Crippen LogP contribution in [0.25, 0.3) is 0 Å². The summed E-state index contributed by atoms with van der Waals surface area (Å²) in [6.07, 6.45) is -0.173. The van der Waals surface area contributed by atoms with Crippen molar-refractivity contribution in [3.63, 3.8) is 0 Å². The van der Waals surface area contributed by atoms with Crippen molar-refractivity contribution < 1.29 is 28.2 Å². The number of alkyl halides is 2. The van der Waals surface area contributed by atoms with E-state index in [1.165, 1.54) is 18.0 Å². The molecule has 0 aliphatic heterocycles. The van der Waals surface area contributed by atoms with E-state index >= 15 is 0 Å². The topological polar surface area (TPSA) is 78.9 Å². The van der Waals surface area contributed by atoms with Gasteiger partial charge in [0, 0.05) is 25.7 Å². The van der Waals surface area contributed by atoms with Gasteiger partial charge in [-0.05, 0) is 13.0 Å². The van der Waals surface area contributed by atoms with Gasteiger partial charge in [0.25, 0.3) is 0 Å². The third kappa shape index (κ3) is 5.94. The van der Waals surface area contributed by atoms with E-state index in [0.717, 1.165) is 5.56 Å². The molecule has 22 heavy (non-hydrogen) atoms. The summed E-state index contributed by atoms with van der Waals surface area (Å²) >= 11 is 0. The summed E-state index contributed by atoms with van der Waals surface area (Å²) in [7, 11) is 1.45. The molecule has 1 aromatic carbocycles. The molecule has 2 amide bonds. The molecule has 1 aromatic rings. The van der Waals surface area contributed by atoms with Crippen LogP contribution in [0.5, 0.6) is 5.75 Å². The number of carbonyl (C=O) groups excluding carboxylic acids is 1. The van der Waals surface area contributed by atoms with E-state index in [0.29, 0.717) is 5.56 Å². The largest absolute Gasteiger partial charge is 0.481 e. The number of ether oxygens (including phenoxy) is 1. The second kappa shape index (κ2) is 8.16. The van der Waals surface area contributed by atoms with Crippen LogP contribution in [0, 0.1) is 6.92 Å². The van der Waals surface area contributed by atoms with Crippen LogP contribution in [0.3, 0.4) is 0 Å². The van der Waals surface area contributed by atoms with Crippen molar-refractivity contribution in [2.75, 3.05) is 13.6 Å². The molecular weight excluding hydrogens is 298 g/mol. The van der Waals surface area contributed by atoms with Crippen LogP contribution < -0.4 is 10.1 Å². The van der Waals surface area contributed by atoms with Crippen molar-refractivity contribution in [1.29, 1.82) is 0 Å². The van der Waals surface area contributed by atoms with E-state index in [9.17, 15) is 18.4 Å². The highest BCUT2D eigenvalue weighted by atomic mass is 19.3. The average Bonchev–Trinajstić information content (AvgIpc) is 2.44. The molecule has 6 nitrogen and oxygen atoms in total. The first-order valence-electron chi connectivity index (χ1n) is 6.54. The predicted octanol–water partition coefficient (Wildman–Crippen LogP) is 2.21. The molecule has 0 aliphatic rings. The minimum Gasteiger partial charge on any atom is -0.481 e. The molecule has 0 unspecified atom stereocenters. The lowest BCUT2D eigenvalue weighted by molar-refractivity contribution is -0.137. The van der Waals surface area contributed by atoms with E-state index in [-0.39, 0.29) is 25.3 Å². The molecule has 0 saturated heterocycles. The van der Waals surface area contributed by atoms with Crippen LogP contribution >= 0.6 is 0 Å². The van der Waals surface area contributed by atoms with E-state index in [4.69, 9.17) is 5.11 Å². The third-order valence-electron chi connectivity index (χ3n) is 2.87. The molecule has 1 rings (SSSR count). The maximum atomic E-state index is 12.3. The van der Waals surface area contributed by atoms with E-state index < -0.39 is 18.6 Å². The van der Waals surface area contributed by atoms with Gasteiger partial charge in [0.05, 0.1) is 6.42 Å². The summed E-state index contributed by atoms with van der Waals surface area (Å²) in [5.74, 6) is -1.01. The normalized spacial score (nSPS) is 10.4. The molecule has 0 bridgehead atoms. The Morgan fingerprint density at radius 2 is 2.09 bits per heavy atom. The molecule has 0 spiro atoms. The Morgan fingerprint density at radius 1 is 1.41 bits per heavy atom. The quantitative estimate of drug-likeness (QED) is 0.808. The van der Waals surface area contributed by atoms with Gasteiger partial charge >= 0.3 is 18.6 Å². The van der Waals surface area contributed by atoms with Crippen LogP contribution in [-0.4, -0.2) is 42.2 Å². The van der Waals surface area contributed by atoms with Crippen LogP contribution in [0.2, 0.25) is 0 Å². The number of nitrogens with one attached hydrogen (secondary N) is 1. The molecule has 0 aliphatic carbocycles. The molecule has 0 aromatic heterocycles. The first-order chi connectivity index (χ1) is 10.3. The number of hydrogen-bond acceptors (Lipinski definition) is 3. The number of benzene rings is 1. The molecule has 0 atom stereocenters. The number of carboxylic acid groups (broad SMARTS) is 1. The van der Waals surface area contributed by atoms with Gasteiger partial charge < -0.3 is 20.1 Å². The van der Waals surface area contributed by atoms with Crippen LogP contribution in [0.15, 0.2) is 18.2 Å². The fourth-order valence-corrected chi connectivity index (χ4v) is 1.73. The summed E-state index contributed by atoms with van der Waals surface area (Å²) in [5, 5.41) is 11.1. The number of amides is 2. The lowest BCUT2D eigenvalue weighted by atomic mass is 10.1. The summed E-state index contributed by atoms with van der Waals surface area (Å²) in [6.45, 7) is -1.11. The Hall–Kier alpha value is -2.38. The lowest BCUT2D eigenvalue weighted by Crippen LogP contribution is -2.38. The first-order valence-corrected chi connectivity index (χ1v) is 6.54. The maximum Gasteiger partial charge on any atom is 0.387 e. The van der Waals surface area contributed by atoms with Crippen molar-refractivity contribution in [3.8, 4) is 5.75 Å². The Morgan fingerprint density at radius 3 is 2.68 bits per heavy atom. The molecule has 0 radical (unpaired) electrons. The molecule has 8 heteroatoms. The Kier molecular flexibility index (Phi) is 6.55. The molecule has 0 heterocycles. The minimum absolute atomic E-state index is 0.0000217. The number of aryl methyl sites for hydroxylation is 1. The van der Waals surface area contributed by atoms with Crippen molar-refractivity contribution in [1.82, 2.24) is 10.2 Å². The Bertz CT molecular complexity index is 538. The van der Waals surface area contributed by atoms with Gasteiger partial charge in [0.2, 0.25) is 0 Å². The number of carboxylic acids is 1. The molecule has 122 valence electrons. The van der Waals surface area contributed by atoms with Crippen molar-refractivity contribution in [3.05, 3.63) is 29.3 Å². The summed E-state index contributed by atoms with van der Waals surface area (Å²) in [6, 6.07) is 4.18. The van der Waals surface area contributed by atoms with E-state index in [1.807, 2.05) is 0 Å². The number of hydrogen-bond donors (Lipinski definition) is 2. The molecular formula is C14H18F2N2O4. The highest BCUT2D eigenvalue weighted by Gasteiger charge is 2.13. The second-order valence-electron chi connectivity index (χ2n) is 4.71. The fourth-order valence-electron chi connectivity index (χ4n) is 1.73. The summed E-state index contributed by atoms with van der Waals surface area (Å²) in [5.41, 5.74) is 1.25. The molecule has 0 fully saturated rings. The van der Waals surface area contributed by atoms with Gasteiger partial charge in [0.1, 0.15) is 5.75 Å². The second-order valence-corrected chi connectivity index (χ2v) is 4.71. The van der Waals surface area contributed by atoms with Gasteiger partial charge in [-0.2, -0.15) is 8.78 Å². The van der Waals surface area contributed by atoms with Crippen molar-refractivity contribution in [2.45, 2.75) is 26.5 Å². The average molecular weight is 316 g/mol. The highest BCUT2D eigenvalue weighted by Crippen LogP contribution is 2.22. The fraction of sp³-hybridized carbons (Fsp3) is 0.429. The lowest BCUT2D eigenvalue weighted by Gasteiger charge is -2.18. The van der Waals surface area contributed by atoms with E-state index in [1.54, 1.807) is 19.1 Å². The summed E-state index contributed by atoms with van der Waals surface area (Å²) in [4.78, 5) is 23.4. The van der Waals surface area contributed by atoms with Gasteiger partial charge in [0.15, 0.2) is 0 Å². The summed E-state index contributed by atoms with van der Waals surface area (Å²) < 4.78 is 29.1. The molecule has 2 N–H and O–H groups in total. The minimum atomic E-state index is -2.95.